The number of hydrogen-bond acceptors (Lipinski definition) is 4. The second-order valence-electron chi connectivity index (χ2n) is 4.65. The monoisotopic (exact) mass is 255 g/mol. The van der Waals surface area contributed by atoms with Gasteiger partial charge in [0.1, 0.15) is 0 Å². The molecule has 19 heavy (non-hydrogen) atoms. The van der Waals surface area contributed by atoms with Crippen LogP contribution in [0.5, 0.6) is 5.75 Å². The third-order valence-corrected chi connectivity index (χ3v) is 3.39. The van der Waals surface area contributed by atoms with Crippen molar-refractivity contribution in [2.24, 2.45) is 0 Å². The first-order valence-electron chi connectivity index (χ1n) is 6.60. The predicted molar refractivity (Wildman–Crippen MR) is 75.5 cm³/mol. The second-order valence-corrected chi connectivity index (χ2v) is 4.65. The molecule has 0 atom stereocenters. The Morgan fingerprint density at radius 1 is 1.11 bits per heavy atom. The van der Waals surface area contributed by atoms with Crippen LogP contribution in [-0.4, -0.2) is 30.2 Å². The van der Waals surface area contributed by atoms with Crippen LogP contribution in [0.1, 0.15) is 12.8 Å². The number of rotatable bonds is 3. The van der Waals surface area contributed by atoms with Gasteiger partial charge in [0, 0.05) is 18.7 Å². The Morgan fingerprint density at radius 2 is 1.84 bits per heavy atom. The molecule has 0 spiro atoms. The van der Waals surface area contributed by atoms with Crippen molar-refractivity contribution >= 4 is 5.82 Å². The van der Waals surface area contributed by atoms with Crippen LogP contribution in [0, 0.1) is 0 Å². The summed E-state index contributed by atoms with van der Waals surface area (Å²) in [6.07, 6.45) is 4.20. The van der Waals surface area contributed by atoms with E-state index < -0.39 is 0 Å². The van der Waals surface area contributed by atoms with Gasteiger partial charge in [0.15, 0.2) is 17.4 Å². The summed E-state index contributed by atoms with van der Waals surface area (Å²) in [6.45, 7) is 2.09. The lowest BCUT2D eigenvalue weighted by molar-refractivity contribution is 0.411. The molecule has 0 amide bonds. The van der Waals surface area contributed by atoms with Crippen molar-refractivity contribution < 1.29 is 4.74 Å². The molecule has 4 nitrogen and oxygen atoms in total. The molecule has 0 radical (unpaired) electrons. The molecule has 0 saturated carbocycles. The Labute approximate surface area is 113 Å². The molecule has 1 aliphatic rings. The Morgan fingerprint density at radius 3 is 2.53 bits per heavy atom. The normalized spacial score (nSPS) is 14.7. The summed E-state index contributed by atoms with van der Waals surface area (Å²) in [5.41, 5.74) is 1.03. The molecule has 4 heteroatoms. The number of nitrogens with zero attached hydrogens (tertiary/aromatic N) is 3. The summed E-state index contributed by atoms with van der Waals surface area (Å²) >= 11 is 0. The third-order valence-electron chi connectivity index (χ3n) is 3.39. The lowest BCUT2D eigenvalue weighted by Crippen LogP contribution is -2.20. The van der Waals surface area contributed by atoms with Crippen molar-refractivity contribution in [3.05, 3.63) is 36.5 Å². The molecule has 1 aromatic heterocycles. The minimum atomic E-state index is 0.751. The zero-order valence-corrected chi connectivity index (χ0v) is 11.0. The molecule has 98 valence electrons. The van der Waals surface area contributed by atoms with Gasteiger partial charge in [-0.1, -0.05) is 30.3 Å². The van der Waals surface area contributed by atoms with E-state index in [2.05, 4.69) is 14.9 Å². The fraction of sp³-hybridized carbons (Fsp3) is 0.333. The van der Waals surface area contributed by atoms with E-state index in [1.165, 1.54) is 12.8 Å². The Bertz CT molecular complexity index is 551. The summed E-state index contributed by atoms with van der Waals surface area (Å²) in [6, 6.07) is 10.0. The van der Waals surface area contributed by atoms with Crippen molar-refractivity contribution in [3.8, 4) is 17.1 Å². The van der Waals surface area contributed by atoms with Gasteiger partial charge < -0.3 is 9.64 Å². The maximum absolute atomic E-state index is 5.38. The topological polar surface area (TPSA) is 38.3 Å². The third kappa shape index (κ3) is 2.38. The van der Waals surface area contributed by atoms with Gasteiger partial charge in [-0.2, -0.15) is 0 Å². The Kier molecular flexibility index (Phi) is 3.31. The van der Waals surface area contributed by atoms with Crippen LogP contribution in [0.25, 0.3) is 11.4 Å². The second kappa shape index (κ2) is 5.26. The van der Waals surface area contributed by atoms with Gasteiger partial charge in [0.2, 0.25) is 0 Å². The molecule has 0 bridgehead atoms. The largest absolute Gasteiger partial charge is 0.491 e. The standard InChI is InChI=1S/C15H17N3O/c1-19-13-11-16-14(12-7-3-2-4-8-12)17-15(13)18-9-5-6-10-18/h2-4,7-8,11H,5-6,9-10H2,1H3. The molecule has 2 aromatic rings. The summed E-state index contributed by atoms with van der Waals surface area (Å²) in [5.74, 6) is 2.42. The Hall–Kier alpha value is -2.10. The molecular weight excluding hydrogens is 238 g/mol. The predicted octanol–water partition coefficient (Wildman–Crippen LogP) is 2.75. The van der Waals surface area contributed by atoms with Gasteiger partial charge in [0.25, 0.3) is 0 Å². The molecular formula is C15H17N3O. The molecule has 0 aliphatic carbocycles. The minimum Gasteiger partial charge on any atom is -0.491 e. The van der Waals surface area contributed by atoms with Crippen LogP contribution in [0.3, 0.4) is 0 Å². The number of aromatic nitrogens is 2. The van der Waals surface area contributed by atoms with Crippen LogP contribution in [0.4, 0.5) is 5.82 Å². The lowest BCUT2D eigenvalue weighted by atomic mass is 10.2. The molecule has 2 heterocycles. The van der Waals surface area contributed by atoms with E-state index in [4.69, 9.17) is 4.74 Å². The fourth-order valence-corrected chi connectivity index (χ4v) is 2.39. The van der Waals surface area contributed by atoms with E-state index in [9.17, 15) is 0 Å². The maximum Gasteiger partial charge on any atom is 0.179 e. The van der Waals surface area contributed by atoms with E-state index in [0.29, 0.717) is 0 Å². The van der Waals surface area contributed by atoms with Gasteiger partial charge in [-0.25, -0.2) is 9.97 Å². The SMILES string of the molecule is COc1cnc(-c2ccccc2)nc1N1CCCC1. The van der Waals surface area contributed by atoms with E-state index in [1.54, 1.807) is 13.3 Å². The van der Waals surface area contributed by atoms with Crippen LogP contribution in [-0.2, 0) is 0 Å². The highest BCUT2D eigenvalue weighted by Gasteiger charge is 2.19. The molecule has 1 saturated heterocycles. The first-order valence-corrected chi connectivity index (χ1v) is 6.60. The minimum absolute atomic E-state index is 0.751. The van der Waals surface area contributed by atoms with E-state index in [1.807, 2.05) is 30.3 Å². The summed E-state index contributed by atoms with van der Waals surface area (Å²) in [4.78, 5) is 11.3. The molecule has 3 rings (SSSR count). The smallest absolute Gasteiger partial charge is 0.179 e. The molecule has 1 aromatic carbocycles. The average molecular weight is 255 g/mol. The van der Waals surface area contributed by atoms with E-state index >= 15 is 0 Å². The number of anilines is 1. The van der Waals surface area contributed by atoms with E-state index in [-0.39, 0.29) is 0 Å². The zero-order chi connectivity index (χ0) is 13.1. The summed E-state index contributed by atoms with van der Waals surface area (Å²) in [5, 5.41) is 0. The fourth-order valence-electron chi connectivity index (χ4n) is 2.39. The maximum atomic E-state index is 5.38. The van der Waals surface area contributed by atoms with Crippen LogP contribution in [0.2, 0.25) is 0 Å². The van der Waals surface area contributed by atoms with Crippen molar-refractivity contribution in [2.45, 2.75) is 12.8 Å². The molecule has 1 aliphatic heterocycles. The number of hydrogen-bond donors (Lipinski definition) is 0. The highest BCUT2D eigenvalue weighted by molar-refractivity contribution is 5.61. The molecule has 0 N–H and O–H groups in total. The lowest BCUT2D eigenvalue weighted by Gasteiger charge is -2.19. The highest BCUT2D eigenvalue weighted by atomic mass is 16.5. The van der Waals surface area contributed by atoms with E-state index in [0.717, 1.165) is 36.0 Å². The quantitative estimate of drug-likeness (QED) is 0.845. The van der Waals surface area contributed by atoms with Crippen LogP contribution < -0.4 is 9.64 Å². The molecule has 0 unspecified atom stereocenters. The van der Waals surface area contributed by atoms with Crippen LogP contribution >= 0.6 is 0 Å². The highest BCUT2D eigenvalue weighted by Crippen LogP contribution is 2.30. The van der Waals surface area contributed by atoms with Gasteiger partial charge in [-0.3, -0.25) is 0 Å². The van der Waals surface area contributed by atoms with Crippen molar-refractivity contribution in [1.82, 2.24) is 9.97 Å². The summed E-state index contributed by atoms with van der Waals surface area (Å²) in [7, 11) is 1.67. The Balaban J connectivity index is 2.01. The first-order chi connectivity index (χ1) is 9.38. The number of ether oxygens (including phenoxy) is 1. The van der Waals surface area contributed by atoms with Crippen molar-refractivity contribution in [2.75, 3.05) is 25.1 Å². The summed E-state index contributed by atoms with van der Waals surface area (Å²) < 4.78 is 5.38. The van der Waals surface area contributed by atoms with Gasteiger partial charge in [-0.15, -0.1) is 0 Å². The van der Waals surface area contributed by atoms with Crippen LogP contribution in [0.15, 0.2) is 36.5 Å². The number of benzene rings is 1. The van der Waals surface area contributed by atoms with Crippen molar-refractivity contribution in [3.63, 3.8) is 0 Å². The zero-order valence-electron chi connectivity index (χ0n) is 11.0. The van der Waals surface area contributed by atoms with Gasteiger partial charge >= 0.3 is 0 Å². The van der Waals surface area contributed by atoms with Crippen molar-refractivity contribution in [1.29, 1.82) is 0 Å². The number of methoxy groups -OCH3 is 1. The first kappa shape index (κ1) is 12.0. The van der Waals surface area contributed by atoms with Gasteiger partial charge in [0.05, 0.1) is 13.3 Å². The average Bonchev–Trinajstić information content (AvgIpc) is 3.01. The van der Waals surface area contributed by atoms with Gasteiger partial charge in [-0.05, 0) is 12.8 Å². The molecule has 1 fully saturated rings.